The van der Waals surface area contributed by atoms with Gasteiger partial charge in [-0.2, -0.15) is 0 Å². The molecule has 1 amide bonds. The van der Waals surface area contributed by atoms with Crippen molar-refractivity contribution < 1.29 is 4.79 Å². The Morgan fingerprint density at radius 2 is 2.33 bits per heavy atom. The van der Waals surface area contributed by atoms with Crippen LogP contribution in [0.3, 0.4) is 0 Å². The topological polar surface area (TPSA) is 125 Å². The molecule has 0 atom stereocenters. The van der Waals surface area contributed by atoms with Crippen molar-refractivity contribution in [1.29, 1.82) is 0 Å². The van der Waals surface area contributed by atoms with Crippen LogP contribution in [0.4, 0.5) is 0 Å². The number of nitrogens with one attached hydrogen (secondary N) is 1. The molecule has 0 aromatic carbocycles. The van der Waals surface area contributed by atoms with E-state index in [1.807, 2.05) is 5.43 Å². The standard InChI is InChI=1S/C9H11N7OS/c10-14-8(17)7-3-1-2-6(13-7)4-18-9-15-12-5-16(9)11/h1-3,5H,4,10-11H2,(H,14,17). The average molecular weight is 265 g/mol. The molecule has 5 N–H and O–H groups in total. The summed E-state index contributed by atoms with van der Waals surface area (Å²) in [5.41, 5.74) is 3.03. The number of hydrogen-bond donors (Lipinski definition) is 3. The third kappa shape index (κ3) is 2.76. The van der Waals surface area contributed by atoms with E-state index in [0.717, 1.165) is 5.69 Å². The first-order chi connectivity index (χ1) is 8.70. The van der Waals surface area contributed by atoms with Gasteiger partial charge in [0.25, 0.3) is 5.91 Å². The second-order valence-corrected chi connectivity index (χ2v) is 4.24. The first kappa shape index (κ1) is 12.3. The highest BCUT2D eigenvalue weighted by atomic mass is 32.2. The van der Waals surface area contributed by atoms with Crippen molar-refractivity contribution in [2.75, 3.05) is 5.84 Å². The molecule has 0 aliphatic heterocycles. The minimum Gasteiger partial charge on any atom is -0.336 e. The molecule has 8 nitrogen and oxygen atoms in total. The van der Waals surface area contributed by atoms with Crippen LogP contribution in [0.5, 0.6) is 0 Å². The number of carbonyl (C=O) groups excluding carboxylic acids is 1. The summed E-state index contributed by atoms with van der Waals surface area (Å²) in [6.07, 6.45) is 1.41. The van der Waals surface area contributed by atoms with Gasteiger partial charge in [0, 0.05) is 5.75 Å². The number of carbonyl (C=O) groups is 1. The van der Waals surface area contributed by atoms with E-state index in [2.05, 4.69) is 15.2 Å². The zero-order valence-corrected chi connectivity index (χ0v) is 10.1. The Labute approximate surface area is 107 Å². The van der Waals surface area contributed by atoms with Gasteiger partial charge in [-0.25, -0.2) is 15.5 Å². The monoisotopic (exact) mass is 265 g/mol. The summed E-state index contributed by atoms with van der Waals surface area (Å²) in [6, 6.07) is 5.12. The summed E-state index contributed by atoms with van der Waals surface area (Å²) in [5.74, 6) is 10.7. The quantitative estimate of drug-likeness (QED) is 0.288. The number of hydrogen-bond acceptors (Lipinski definition) is 7. The van der Waals surface area contributed by atoms with Gasteiger partial charge >= 0.3 is 0 Å². The Balaban J connectivity index is 2.06. The molecule has 9 heteroatoms. The Morgan fingerprint density at radius 1 is 1.50 bits per heavy atom. The van der Waals surface area contributed by atoms with Crippen LogP contribution in [0.15, 0.2) is 29.7 Å². The molecule has 0 aliphatic rings. The molecule has 0 saturated carbocycles. The van der Waals surface area contributed by atoms with E-state index >= 15 is 0 Å². The largest absolute Gasteiger partial charge is 0.336 e. The van der Waals surface area contributed by atoms with Gasteiger partial charge in [-0.1, -0.05) is 17.8 Å². The fourth-order valence-electron chi connectivity index (χ4n) is 1.23. The third-order valence-corrected chi connectivity index (χ3v) is 3.05. The maximum atomic E-state index is 11.3. The van der Waals surface area contributed by atoms with Gasteiger partial charge in [0.1, 0.15) is 12.0 Å². The van der Waals surface area contributed by atoms with E-state index < -0.39 is 5.91 Å². The lowest BCUT2D eigenvalue weighted by atomic mass is 10.3. The normalized spacial score (nSPS) is 10.3. The minimum atomic E-state index is -0.427. The number of hydrazine groups is 1. The van der Waals surface area contributed by atoms with E-state index in [0.29, 0.717) is 10.9 Å². The third-order valence-electron chi connectivity index (χ3n) is 2.06. The zero-order chi connectivity index (χ0) is 13.0. The number of thioether (sulfide) groups is 1. The van der Waals surface area contributed by atoms with Crippen LogP contribution in [0.1, 0.15) is 16.2 Å². The number of nitrogen functional groups attached to an aromatic ring is 2. The Hall–Kier alpha value is -2.13. The Bertz CT molecular complexity index is 555. The van der Waals surface area contributed by atoms with Gasteiger partial charge in [0.2, 0.25) is 5.16 Å². The molecule has 0 saturated heterocycles. The van der Waals surface area contributed by atoms with Crippen molar-refractivity contribution in [2.24, 2.45) is 5.84 Å². The van der Waals surface area contributed by atoms with Crippen LogP contribution < -0.4 is 17.1 Å². The molecule has 0 radical (unpaired) electrons. The molecule has 0 spiro atoms. The second kappa shape index (κ2) is 5.47. The predicted molar refractivity (Wildman–Crippen MR) is 65.6 cm³/mol. The molecule has 0 bridgehead atoms. The molecule has 2 aromatic rings. The molecule has 94 valence electrons. The van der Waals surface area contributed by atoms with Crippen molar-refractivity contribution in [2.45, 2.75) is 10.9 Å². The van der Waals surface area contributed by atoms with Crippen LogP contribution in [0, 0.1) is 0 Å². The lowest BCUT2D eigenvalue weighted by molar-refractivity contribution is 0.0948. The van der Waals surface area contributed by atoms with Crippen LogP contribution in [-0.4, -0.2) is 25.8 Å². The van der Waals surface area contributed by atoms with Crippen molar-refractivity contribution in [3.63, 3.8) is 0 Å². The minimum absolute atomic E-state index is 0.268. The van der Waals surface area contributed by atoms with Gasteiger partial charge in [-0.3, -0.25) is 10.2 Å². The predicted octanol–water partition coefficient (Wildman–Crippen LogP) is -0.717. The number of aromatic nitrogens is 4. The van der Waals surface area contributed by atoms with Gasteiger partial charge in [-0.05, 0) is 12.1 Å². The van der Waals surface area contributed by atoms with E-state index in [9.17, 15) is 4.79 Å². The lowest BCUT2D eigenvalue weighted by Crippen LogP contribution is -2.30. The van der Waals surface area contributed by atoms with Crippen LogP contribution in [0.2, 0.25) is 0 Å². The van der Waals surface area contributed by atoms with Crippen LogP contribution >= 0.6 is 11.8 Å². The van der Waals surface area contributed by atoms with Crippen molar-refractivity contribution in [1.82, 2.24) is 25.3 Å². The molecule has 2 rings (SSSR count). The van der Waals surface area contributed by atoms with Crippen LogP contribution in [-0.2, 0) is 5.75 Å². The summed E-state index contributed by atoms with van der Waals surface area (Å²) < 4.78 is 1.32. The fourth-order valence-corrected chi connectivity index (χ4v) is 1.97. The number of nitrogens with two attached hydrogens (primary N) is 2. The highest BCUT2D eigenvalue weighted by molar-refractivity contribution is 7.98. The second-order valence-electron chi connectivity index (χ2n) is 3.30. The summed E-state index contributed by atoms with van der Waals surface area (Å²) in [5, 5.41) is 8.06. The van der Waals surface area contributed by atoms with E-state index in [4.69, 9.17) is 11.7 Å². The highest BCUT2D eigenvalue weighted by Gasteiger charge is 2.07. The first-order valence-electron chi connectivity index (χ1n) is 4.95. The van der Waals surface area contributed by atoms with E-state index in [1.54, 1.807) is 18.2 Å². The lowest BCUT2D eigenvalue weighted by Gasteiger charge is -2.03. The highest BCUT2D eigenvalue weighted by Crippen LogP contribution is 2.18. The van der Waals surface area contributed by atoms with Crippen molar-refractivity contribution in [3.05, 3.63) is 35.9 Å². The molecular weight excluding hydrogens is 254 g/mol. The number of rotatable bonds is 4. The molecule has 18 heavy (non-hydrogen) atoms. The molecule has 0 unspecified atom stereocenters. The molecular formula is C9H11N7OS. The molecule has 0 aliphatic carbocycles. The maximum absolute atomic E-state index is 11.3. The molecule has 2 heterocycles. The number of pyridine rings is 1. The van der Waals surface area contributed by atoms with Gasteiger partial charge in [0.15, 0.2) is 0 Å². The van der Waals surface area contributed by atoms with Crippen LogP contribution in [0.25, 0.3) is 0 Å². The molecule has 2 aromatic heterocycles. The van der Waals surface area contributed by atoms with Gasteiger partial charge in [-0.15, -0.1) is 10.2 Å². The average Bonchev–Trinajstić information content (AvgIpc) is 2.81. The number of nitrogens with zero attached hydrogens (tertiary/aromatic N) is 4. The SMILES string of the molecule is NNC(=O)c1cccc(CSc2nncn2N)n1. The first-order valence-corrected chi connectivity index (χ1v) is 5.94. The summed E-state index contributed by atoms with van der Waals surface area (Å²) in [6.45, 7) is 0. The van der Waals surface area contributed by atoms with E-state index in [-0.39, 0.29) is 5.69 Å². The Kier molecular flexibility index (Phi) is 3.75. The van der Waals surface area contributed by atoms with Crippen molar-refractivity contribution in [3.8, 4) is 0 Å². The summed E-state index contributed by atoms with van der Waals surface area (Å²) in [7, 11) is 0. The fraction of sp³-hybridized carbons (Fsp3) is 0.111. The Morgan fingerprint density at radius 3 is 3.00 bits per heavy atom. The van der Waals surface area contributed by atoms with Gasteiger partial charge in [0.05, 0.1) is 5.69 Å². The molecule has 0 fully saturated rings. The number of amides is 1. The zero-order valence-electron chi connectivity index (χ0n) is 9.28. The van der Waals surface area contributed by atoms with E-state index in [1.165, 1.54) is 22.8 Å². The van der Waals surface area contributed by atoms with Gasteiger partial charge < -0.3 is 5.84 Å². The summed E-state index contributed by atoms with van der Waals surface area (Å²) >= 11 is 1.37. The summed E-state index contributed by atoms with van der Waals surface area (Å²) in [4.78, 5) is 15.5. The smallest absolute Gasteiger partial charge is 0.283 e. The van der Waals surface area contributed by atoms with Crippen molar-refractivity contribution >= 4 is 17.7 Å². The maximum Gasteiger partial charge on any atom is 0.283 e.